The first-order valence-electron chi connectivity index (χ1n) is 27.6. The molecule has 0 atom stereocenters. The summed E-state index contributed by atoms with van der Waals surface area (Å²) in [7, 11) is -4.58. The molecule has 0 aliphatic rings. The molecule has 12 rings (SSSR count). The average molecular weight is 1350 g/mol. The molecule has 0 amide bonds. The molecular weight excluding hydrogens is 1290 g/mol. The van der Waals surface area contributed by atoms with Crippen molar-refractivity contribution in [3.05, 3.63) is 340 Å². The van der Waals surface area contributed by atoms with Crippen LogP contribution in [0.15, 0.2) is 340 Å². The first-order chi connectivity index (χ1) is 39.6. The van der Waals surface area contributed by atoms with E-state index in [1.54, 1.807) is 38.8 Å². The van der Waals surface area contributed by atoms with Crippen LogP contribution in [-0.2, 0) is 34.1 Å². The number of rotatable bonds is 16. The molecule has 408 valence electrons. The fourth-order valence-electron chi connectivity index (χ4n) is 11.2. The third kappa shape index (κ3) is 14.5. The zero-order valence-electron chi connectivity index (χ0n) is 45.9. The van der Waals surface area contributed by atoms with E-state index in [1.165, 1.54) is 42.4 Å². The number of benzene rings is 12. The molecule has 0 aliphatic carbocycles. The van der Waals surface area contributed by atoms with Gasteiger partial charge in [-0.05, 0) is 0 Å². The summed E-state index contributed by atoms with van der Waals surface area (Å²) in [4.78, 5) is 0. The Bertz CT molecular complexity index is 3170. The summed E-state index contributed by atoms with van der Waals surface area (Å²) < 4.78 is 6.39. The third-order valence-corrected chi connectivity index (χ3v) is 38.6. The molecule has 0 aliphatic heterocycles. The monoisotopic (exact) mass is 1350 g/mol. The molecule has 0 nitrogen and oxygen atoms in total. The van der Waals surface area contributed by atoms with E-state index in [0.717, 1.165) is 0 Å². The number of hydrogen-bond donors (Lipinski definition) is 0. The Balaban J connectivity index is 0.000000193. The second-order valence-corrected chi connectivity index (χ2v) is 39.4. The second kappa shape index (κ2) is 30.9. The molecule has 0 heterocycles. The van der Waals surface area contributed by atoms with E-state index in [1.807, 2.05) is 0 Å². The van der Waals surface area contributed by atoms with Crippen LogP contribution in [0.4, 0.5) is 0 Å². The van der Waals surface area contributed by atoms with Crippen molar-refractivity contribution in [1.29, 1.82) is 0 Å². The van der Waals surface area contributed by atoms with Crippen molar-refractivity contribution in [1.82, 2.24) is 0 Å². The van der Waals surface area contributed by atoms with Crippen molar-refractivity contribution in [2.24, 2.45) is 0 Å². The third-order valence-electron chi connectivity index (χ3n) is 14.9. The Hall–Kier alpha value is -5.52. The molecular formula is C74H66Cu2Ge2P4+4. The van der Waals surface area contributed by atoms with Crippen molar-refractivity contribution < 1.29 is 34.1 Å². The summed E-state index contributed by atoms with van der Waals surface area (Å²) in [5.41, 5.74) is 0. The minimum atomic E-state index is -1.91. The molecule has 0 N–H and O–H groups in total. The van der Waals surface area contributed by atoms with Gasteiger partial charge in [0, 0.05) is 34.1 Å². The molecule has 12 aromatic rings. The average Bonchev–Trinajstić information content (AvgIpc) is 3.54. The van der Waals surface area contributed by atoms with E-state index >= 15 is 0 Å². The van der Waals surface area contributed by atoms with Crippen LogP contribution in [0.3, 0.4) is 0 Å². The number of hydrogen-bond acceptors (Lipinski definition) is 0. The molecule has 0 aromatic heterocycles. The smallest absolute Gasteiger partial charge is 0 e. The summed E-state index contributed by atoms with van der Waals surface area (Å²) in [6, 6.07) is 127. The first kappa shape index (κ1) is 61.1. The van der Waals surface area contributed by atoms with Gasteiger partial charge in [-0.1, -0.05) is 0 Å². The van der Waals surface area contributed by atoms with Crippen molar-refractivity contribution in [3.63, 3.8) is 0 Å². The molecule has 4 radical (unpaired) electrons. The van der Waals surface area contributed by atoms with Crippen LogP contribution < -0.4 is 81.2 Å². The van der Waals surface area contributed by atoms with Gasteiger partial charge in [0.1, 0.15) is 0 Å². The van der Waals surface area contributed by atoms with Crippen LogP contribution in [0, 0.1) is 0 Å². The van der Waals surface area contributed by atoms with Gasteiger partial charge in [0.25, 0.3) is 0 Å². The maximum absolute atomic E-state index is 2.57. The Labute approximate surface area is 522 Å². The van der Waals surface area contributed by atoms with Gasteiger partial charge in [-0.25, -0.2) is 0 Å². The van der Waals surface area contributed by atoms with Crippen molar-refractivity contribution in [2.75, 3.05) is 0 Å². The Morgan fingerprint density at radius 1 is 0.171 bits per heavy atom. The molecule has 0 saturated heterocycles. The van der Waals surface area contributed by atoms with Gasteiger partial charge in [-0.2, -0.15) is 0 Å². The summed E-state index contributed by atoms with van der Waals surface area (Å²) in [5.74, 6) is 5.14. The molecule has 82 heavy (non-hydrogen) atoms. The van der Waals surface area contributed by atoms with Gasteiger partial charge in [-0.15, -0.1) is 0 Å². The Morgan fingerprint density at radius 2 is 0.293 bits per heavy atom. The minimum Gasteiger partial charge on any atom is 0 e. The van der Waals surface area contributed by atoms with Gasteiger partial charge >= 0.3 is 493 Å². The summed E-state index contributed by atoms with van der Waals surface area (Å²) in [5, 5.41) is 17.8. The first-order valence-corrected chi connectivity index (χ1v) is 42.0. The Kier molecular flexibility index (Phi) is 23.0. The molecule has 8 heteroatoms. The van der Waals surface area contributed by atoms with E-state index in [0.29, 0.717) is 0 Å². The zero-order valence-corrected chi connectivity index (χ0v) is 56.0. The quantitative estimate of drug-likeness (QED) is 0.0669. The standard InChI is InChI=1S/2C37H31GeP2.2Cu/c2*1-38(34-26-14-16-28-36(34)39(30-18-6-2-7-19-30)31-20-8-3-9-21-31)35-27-15-17-29-37(35)40(32-22-10-4-11-23-32)33-24-12-5-13-25-33;;/h2*2-29H,1H3;;/p+4. The van der Waals surface area contributed by atoms with Crippen molar-refractivity contribution in [2.45, 2.75) is 11.5 Å². The predicted octanol–water partition coefficient (Wildman–Crippen LogP) is 9.81. The fourth-order valence-corrected chi connectivity index (χ4v) is 36.9. The van der Waals surface area contributed by atoms with E-state index in [9.17, 15) is 0 Å². The van der Waals surface area contributed by atoms with E-state index in [4.69, 9.17) is 0 Å². The molecule has 0 unspecified atom stereocenters. The van der Waals surface area contributed by atoms with Crippen LogP contribution in [0.25, 0.3) is 0 Å². The van der Waals surface area contributed by atoms with Gasteiger partial charge in [-0.3, -0.25) is 0 Å². The summed E-state index contributed by atoms with van der Waals surface area (Å²) in [6.07, 6.45) is 0. The maximum Gasteiger partial charge on any atom is 0 e. The molecule has 12 aromatic carbocycles. The normalized spacial score (nSPS) is 11.0. The summed E-state index contributed by atoms with van der Waals surface area (Å²) >= 11 is -3.83. The maximum atomic E-state index is 2.57. The van der Waals surface area contributed by atoms with E-state index < -0.39 is 60.4 Å². The topological polar surface area (TPSA) is 0 Å². The summed E-state index contributed by atoms with van der Waals surface area (Å²) in [6.45, 7) is 0. The van der Waals surface area contributed by atoms with Gasteiger partial charge < -0.3 is 0 Å². The molecule has 0 bridgehead atoms. The van der Waals surface area contributed by atoms with Crippen LogP contribution >= 0.6 is 31.7 Å². The van der Waals surface area contributed by atoms with E-state index in [2.05, 4.69) is 351 Å². The van der Waals surface area contributed by atoms with Crippen LogP contribution in [-0.4, -0.2) is 28.7 Å². The van der Waals surface area contributed by atoms with Crippen molar-refractivity contribution in [3.8, 4) is 0 Å². The van der Waals surface area contributed by atoms with Crippen LogP contribution in [0.5, 0.6) is 0 Å². The zero-order chi connectivity index (χ0) is 54.3. The molecule has 0 saturated carbocycles. The fraction of sp³-hybridized carbons (Fsp3) is 0.0270. The van der Waals surface area contributed by atoms with Gasteiger partial charge in [0.15, 0.2) is 0 Å². The van der Waals surface area contributed by atoms with Crippen LogP contribution in [0.1, 0.15) is 0 Å². The SMILES string of the molecule is [CH3][Ge]([c]1ccccc1[PH+](c1ccccc1)c1ccccc1)[c]1ccccc1[PH+](c1ccccc1)c1ccccc1.[CH3][Ge]([c]1ccccc1[PH+](c1ccccc1)c1ccccc1)[c]1ccccc1[PH+](c1ccccc1)c1ccccc1.[Cu].[Cu]. The predicted molar refractivity (Wildman–Crippen MR) is 368 cm³/mol. The second-order valence-electron chi connectivity index (χ2n) is 19.9. The minimum absolute atomic E-state index is 0. The van der Waals surface area contributed by atoms with Gasteiger partial charge in [0.2, 0.25) is 0 Å². The van der Waals surface area contributed by atoms with Crippen molar-refractivity contribution >= 4 is 142 Å². The van der Waals surface area contributed by atoms with Gasteiger partial charge in [0.05, 0.1) is 0 Å². The molecule has 0 fully saturated rings. The van der Waals surface area contributed by atoms with E-state index in [-0.39, 0.29) is 34.1 Å². The largest absolute Gasteiger partial charge is 0 e. The Morgan fingerprint density at radius 3 is 0.439 bits per heavy atom. The van der Waals surface area contributed by atoms with Crippen LogP contribution in [0.2, 0.25) is 11.5 Å². The molecule has 0 spiro atoms.